The van der Waals surface area contributed by atoms with Crippen LogP contribution in [0.4, 0.5) is 11.4 Å². The van der Waals surface area contributed by atoms with Crippen molar-refractivity contribution in [1.29, 1.82) is 0 Å². The van der Waals surface area contributed by atoms with E-state index in [9.17, 15) is 24.5 Å². The molecule has 214 valence electrons. The summed E-state index contributed by atoms with van der Waals surface area (Å²) in [4.78, 5) is 51.8. The second kappa shape index (κ2) is 9.76. The highest BCUT2D eigenvalue weighted by Gasteiger charge is 2.73. The molecular weight excluding hydrogens is 589 g/mol. The number of carbonyl (C=O) groups excluding carboxylic acids is 3. The lowest BCUT2D eigenvalue weighted by Gasteiger charge is -2.54. The van der Waals surface area contributed by atoms with E-state index in [-0.39, 0.29) is 17.8 Å². The van der Waals surface area contributed by atoms with Crippen molar-refractivity contribution in [3.63, 3.8) is 0 Å². The van der Waals surface area contributed by atoms with Gasteiger partial charge in [0.05, 0.1) is 16.8 Å². The van der Waals surface area contributed by atoms with Crippen molar-refractivity contribution in [2.75, 3.05) is 5.32 Å². The Kier molecular flexibility index (Phi) is 6.20. The highest BCUT2D eigenvalue weighted by Crippen LogP contribution is 2.69. The molecule has 3 aliphatic carbocycles. The van der Waals surface area contributed by atoms with Crippen molar-refractivity contribution in [3.05, 3.63) is 141 Å². The van der Waals surface area contributed by atoms with Crippen molar-refractivity contribution >= 4 is 52.3 Å². The predicted molar refractivity (Wildman–Crippen MR) is 161 cm³/mol. The lowest BCUT2D eigenvalue weighted by Crippen LogP contribution is -2.57. The molecule has 2 bridgehead atoms. The van der Waals surface area contributed by atoms with Gasteiger partial charge in [0.1, 0.15) is 15.8 Å². The van der Waals surface area contributed by atoms with Crippen LogP contribution in [0.2, 0.25) is 0 Å². The third-order valence-corrected chi connectivity index (χ3v) is 10.1. The average Bonchev–Trinajstić information content (AvgIpc) is 3.30. The molecule has 0 spiro atoms. The molecule has 1 heterocycles. The van der Waals surface area contributed by atoms with Crippen LogP contribution in [0, 0.1) is 22.0 Å². The number of amides is 3. The average molecular weight is 612 g/mol. The lowest BCUT2D eigenvalue weighted by atomic mass is 9.54. The largest absolute Gasteiger partial charge is 0.324 e. The summed E-state index contributed by atoms with van der Waals surface area (Å²) in [5.41, 5.74) is 3.57. The van der Waals surface area contributed by atoms with E-state index in [1.54, 1.807) is 0 Å². The van der Waals surface area contributed by atoms with Crippen LogP contribution in [-0.4, -0.2) is 33.6 Å². The molecule has 3 amide bonds. The van der Waals surface area contributed by atoms with Crippen LogP contribution in [0.5, 0.6) is 0 Å². The van der Waals surface area contributed by atoms with E-state index < -0.39 is 50.3 Å². The zero-order chi connectivity index (χ0) is 30.1. The van der Waals surface area contributed by atoms with Crippen molar-refractivity contribution in [1.82, 2.24) is 4.90 Å². The Bertz CT molecular complexity index is 1710. The van der Waals surface area contributed by atoms with Crippen LogP contribution in [0.1, 0.15) is 27.8 Å². The van der Waals surface area contributed by atoms with Crippen molar-refractivity contribution in [2.45, 2.75) is 22.2 Å². The van der Waals surface area contributed by atoms with Gasteiger partial charge in [-0.15, -0.1) is 23.2 Å². The third kappa shape index (κ3) is 3.79. The molecule has 3 atom stereocenters. The highest BCUT2D eigenvalue weighted by molar-refractivity contribution is 6.36. The maximum atomic E-state index is 14.5. The molecule has 0 saturated carbocycles. The molecular formula is C33H23Cl2N3O5. The van der Waals surface area contributed by atoms with E-state index in [0.717, 1.165) is 10.5 Å². The number of nitro benzene ring substituents is 1. The Hall–Kier alpha value is -4.53. The number of hydrogen-bond acceptors (Lipinski definition) is 5. The van der Waals surface area contributed by atoms with E-state index in [1.807, 2.05) is 78.9 Å². The van der Waals surface area contributed by atoms with Crippen molar-refractivity contribution < 1.29 is 19.3 Å². The second-order valence-electron chi connectivity index (χ2n) is 11.0. The summed E-state index contributed by atoms with van der Waals surface area (Å²) in [6.45, 7) is 0. The Morgan fingerprint density at radius 1 is 0.767 bits per heavy atom. The first-order valence-corrected chi connectivity index (χ1v) is 14.5. The summed E-state index contributed by atoms with van der Waals surface area (Å²) in [5, 5.41) is 13.8. The van der Waals surface area contributed by atoms with E-state index in [4.69, 9.17) is 23.2 Å². The van der Waals surface area contributed by atoms with E-state index in [2.05, 4.69) is 5.32 Å². The fourth-order valence-corrected chi connectivity index (χ4v) is 8.12. The quantitative estimate of drug-likeness (QED) is 0.129. The Morgan fingerprint density at radius 2 is 1.21 bits per heavy atom. The Balaban J connectivity index is 1.33. The van der Waals surface area contributed by atoms with Gasteiger partial charge in [-0.2, -0.15) is 0 Å². The van der Waals surface area contributed by atoms with Gasteiger partial charge in [-0.05, 0) is 39.9 Å². The summed E-state index contributed by atoms with van der Waals surface area (Å²) in [5.74, 6) is -3.85. The molecule has 1 fully saturated rings. The third-order valence-electron chi connectivity index (χ3n) is 8.85. The number of anilines is 1. The minimum atomic E-state index is -1.37. The van der Waals surface area contributed by atoms with Gasteiger partial charge < -0.3 is 5.32 Å². The van der Waals surface area contributed by atoms with Gasteiger partial charge >= 0.3 is 0 Å². The number of hydrogen-bond donors (Lipinski definition) is 1. The van der Waals surface area contributed by atoms with Gasteiger partial charge in [-0.3, -0.25) is 29.4 Å². The van der Waals surface area contributed by atoms with Crippen LogP contribution in [-0.2, 0) is 30.6 Å². The molecule has 1 N–H and O–H groups in total. The molecule has 43 heavy (non-hydrogen) atoms. The van der Waals surface area contributed by atoms with E-state index in [0.29, 0.717) is 22.3 Å². The molecule has 4 aromatic carbocycles. The number of benzene rings is 4. The summed E-state index contributed by atoms with van der Waals surface area (Å²) in [7, 11) is 0. The molecule has 4 aromatic rings. The van der Waals surface area contributed by atoms with Crippen LogP contribution in [0.15, 0.2) is 103 Å². The van der Waals surface area contributed by atoms with Gasteiger partial charge in [-0.1, -0.05) is 78.9 Å². The SMILES string of the molecule is O=C(Nc1ccc([N+](=O)[O-])cc1)[C@@H](Cc1ccccc1)N1C(=O)[C@@H]2[C@H](C1=O)C1(Cl)c3ccccc3C2(Cl)c2ccccc21. The molecule has 0 radical (unpaired) electrons. The molecule has 1 saturated heterocycles. The number of imide groups is 1. The first-order valence-electron chi connectivity index (χ1n) is 13.7. The van der Waals surface area contributed by atoms with Crippen LogP contribution >= 0.6 is 23.2 Å². The first kappa shape index (κ1) is 27.3. The second-order valence-corrected chi connectivity index (χ2v) is 12.2. The number of likely N-dealkylation sites (tertiary alicyclic amines) is 1. The van der Waals surface area contributed by atoms with Crippen molar-refractivity contribution in [3.8, 4) is 0 Å². The van der Waals surface area contributed by atoms with Crippen molar-refractivity contribution in [2.24, 2.45) is 11.8 Å². The lowest BCUT2D eigenvalue weighted by molar-refractivity contribution is -0.384. The number of rotatable bonds is 6. The number of alkyl halides is 2. The first-order chi connectivity index (χ1) is 20.7. The van der Waals surface area contributed by atoms with Gasteiger partial charge in [0, 0.05) is 24.2 Å². The fraction of sp³-hybridized carbons (Fsp3) is 0.182. The molecule has 4 aliphatic rings. The van der Waals surface area contributed by atoms with E-state index >= 15 is 0 Å². The minimum Gasteiger partial charge on any atom is -0.324 e. The number of halogens is 2. The zero-order valence-corrected chi connectivity index (χ0v) is 24.0. The number of nitro groups is 1. The molecule has 8 rings (SSSR count). The Morgan fingerprint density at radius 3 is 1.65 bits per heavy atom. The van der Waals surface area contributed by atoms with Gasteiger partial charge in [0.15, 0.2) is 0 Å². The zero-order valence-electron chi connectivity index (χ0n) is 22.4. The van der Waals surface area contributed by atoms with Crippen LogP contribution in [0.25, 0.3) is 0 Å². The normalized spacial score (nSPS) is 25.5. The Labute approximate surface area is 256 Å². The highest BCUT2D eigenvalue weighted by atomic mass is 35.5. The summed E-state index contributed by atoms with van der Waals surface area (Å²) >= 11 is 15.1. The van der Waals surface area contributed by atoms with E-state index in [1.165, 1.54) is 24.3 Å². The predicted octanol–water partition coefficient (Wildman–Crippen LogP) is 5.74. The monoisotopic (exact) mass is 611 g/mol. The fourth-order valence-electron chi connectivity index (χ4n) is 7.03. The topological polar surface area (TPSA) is 110 Å². The van der Waals surface area contributed by atoms with Crippen LogP contribution in [0.3, 0.4) is 0 Å². The summed E-state index contributed by atoms with van der Waals surface area (Å²) < 4.78 is 0. The number of nitrogens with one attached hydrogen (secondary N) is 1. The maximum absolute atomic E-state index is 14.5. The standard InChI is InChI=1S/C33H23Cl2N3O5/c34-32-22-10-4-5-11-23(22)33(35,25-13-7-6-12-24(25)32)28-27(32)30(40)37(31(28)41)26(18-19-8-2-1-3-9-19)29(39)36-20-14-16-21(17-15-20)38(42)43/h1-17,26-28H,18H2,(H,36,39)/t26-,27-,28+,32?,33?/m1/s1. The minimum absolute atomic E-state index is 0.0427. The maximum Gasteiger partial charge on any atom is 0.269 e. The number of non-ortho nitro benzene ring substituents is 1. The summed E-state index contributed by atoms with van der Waals surface area (Å²) in [6, 6.07) is 27.9. The van der Waals surface area contributed by atoms with Crippen LogP contribution < -0.4 is 5.32 Å². The molecule has 8 nitrogen and oxygen atoms in total. The molecule has 0 unspecified atom stereocenters. The molecule has 10 heteroatoms. The van der Waals surface area contributed by atoms with Gasteiger partial charge in [0.2, 0.25) is 17.7 Å². The molecule has 0 aromatic heterocycles. The van der Waals surface area contributed by atoms with Gasteiger partial charge in [0.25, 0.3) is 5.69 Å². The van der Waals surface area contributed by atoms with Gasteiger partial charge in [-0.25, -0.2) is 0 Å². The molecule has 1 aliphatic heterocycles. The smallest absolute Gasteiger partial charge is 0.269 e. The number of nitrogens with zero attached hydrogens (tertiary/aromatic N) is 2. The number of carbonyl (C=O) groups is 3. The summed E-state index contributed by atoms with van der Waals surface area (Å²) in [6.07, 6.45) is 0.0427.